The van der Waals surface area contributed by atoms with E-state index >= 15 is 0 Å². The first-order valence-electron chi connectivity index (χ1n) is 6.26. The van der Waals surface area contributed by atoms with Crippen LogP contribution in [0.15, 0.2) is 39.2 Å². The number of aromatic nitrogens is 1. The normalized spacial score (nSPS) is 13.8. The van der Waals surface area contributed by atoms with Crippen molar-refractivity contribution in [2.45, 2.75) is 13.2 Å². The summed E-state index contributed by atoms with van der Waals surface area (Å²) < 4.78 is 12.1. The van der Waals surface area contributed by atoms with Crippen LogP contribution in [0.3, 0.4) is 0 Å². The zero-order chi connectivity index (χ0) is 13.7. The number of halogens is 1. The van der Waals surface area contributed by atoms with Crippen LogP contribution in [0.2, 0.25) is 0 Å². The molecular formula is C15H11BrN2O2. The molecule has 1 aliphatic rings. The number of nitrogen functional groups attached to an aromatic ring is 1. The highest BCUT2D eigenvalue weighted by atomic mass is 79.9. The minimum Gasteiger partial charge on any atom is -0.434 e. The van der Waals surface area contributed by atoms with Crippen LogP contribution in [-0.4, -0.2) is 4.98 Å². The second-order valence-corrected chi connectivity index (χ2v) is 5.75. The number of hydrogen-bond acceptors (Lipinski definition) is 4. The van der Waals surface area contributed by atoms with Gasteiger partial charge in [0.25, 0.3) is 0 Å². The van der Waals surface area contributed by atoms with Crippen molar-refractivity contribution in [3.63, 3.8) is 0 Å². The number of nitrogens with two attached hydrogens (primary N) is 1. The number of fused-ring (bicyclic) bond motifs is 2. The molecule has 0 fully saturated rings. The molecular weight excluding hydrogens is 320 g/mol. The lowest BCUT2D eigenvalue weighted by Gasteiger charge is -1.99. The Bertz CT molecular complexity index is 826. The molecule has 4 nitrogen and oxygen atoms in total. The molecule has 0 aliphatic carbocycles. The van der Waals surface area contributed by atoms with E-state index in [2.05, 4.69) is 33.0 Å². The molecule has 2 N–H and O–H groups in total. The summed E-state index contributed by atoms with van der Waals surface area (Å²) in [5.74, 6) is 0.583. The van der Waals surface area contributed by atoms with E-state index in [9.17, 15) is 0 Å². The number of oxazole rings is 1. The number of ether oxygens (including phenoxy) is 1. The molecule has 1 aliphatic heterocycles. The molecule has 0 unspecified atom stereocenters. The lowest BCUT2D eigenvalue weighted by atomic mass is 10.1. The highest BCUT2D eigenvalue weighted by molar-refractivity contribution is 9.10. The van der Waals surface area contributed by atoms with Gasteiger partial charge < -0.3 is 14.9 Å². The Morgan fingerprint density at radius 1 is 1.10 bits per heavy atom. The Balaban J connectivity index is 1.88. The minimum absolute atomic E-state index is 0.581. The third-order valence-corrected chi connectivity index (χ3v) is 3.91. The second kappa shape index (κ2) is 4.33. The second-order valence-electron chi connectivity index (χ2n) is 4.84. The van der Waals surface area contributed by atoms with Crippen LogP contribution in [0, 0.1) is 0 Å². The van der Waals surface area contributed by atoms with Crippen molar-refractivity contribution >= 4 is 32.7 Å². The van der Waals surface area contributed by atoms with Crippen molar-refractivity contribution in [1.82, 2.24) is 4.98 Å². The van der Waals surface area contributed by atoms with Gasteiger partial charge in [-0.1, -0.05) is 22.0 Å². The quantitative estimate of drug-likeness (QED) is 0.688. The van der Waals surface area contributed by atoms with E-state index in [1.807, 2.05) is 18.2 Å². The average molecular weight is 331 g/mol. The van der Waals surface area contributed by atoms with E-state index in [1.165, 1.54) is 11.1 Å². The van der Waals surface area contributed by atoms with Crippen molar-refractivity contribution in [1.29, 1.82) is 0 Å². The van der Waals surface area contributed by atoms with E-state index in [4.69, 9.17) is 14.9 Å². The lowest BCUT2D eigenvalue weighted by molar-refractivity contribution is 0.134. The summed E-state index contributed by atoms with van der Waals surface area (Å²) in [6, 6.07) is 9.84. The van der Waals surface area contributed by atoms with Crippen molar-refractivity contribution in [2.24, 2.45) is 0 Å². The molecule has 0 bridgehead atoms. The van der Waals surface area contributed by atoms with Crippen LogP contribution in [0.4, 0.5) is 5.69 Å². The molecule has 0 atom stereocenters. The standard InChI is InChI=1S/C15H11BrN2O2/c16-11-4-12(17)14-13(5-11)18-15(20-14)8-1-2-9-6-19-7-10(9)3-8/h1-5H,6-7,17H2. The number of anilines is 1. The summed E-state index contributed by atoms with van der Waals surface area (Å²) in [7, 11) is 0. The van der Waals surface area contributed by atoms with Gasteiger partial charge in [-0.25, -0.2) is 4.98 Å². The smallest absolute Gasteiger partial charge is 0.227 e. The van der Waals surface area contributed by atoms with E-state index in [-0.39, 0.29) is 0 Å². The van der Waals surface area contributed by atoms with E-state index in [0.717, 1.165) is 15.6 Å². The Kier molecular flexibility index (Phi) is 2.58. The van der Waals surface area contributed by atoms with Crippen molar-refractivity contribution < 1.29 is 9.15 Å². The average Bonchev–Trinajstić information content (AvgIpc) is 3.03. The molecule has 100 valence electrons. The molecule has 0 saturated heterocycles. The molecule has 2 aromatic carbocycles. The van der Waals surface area contributed by atoms with Gasteiger partial charge in [-0.15, -0.1) is 0 Å². The highest BCUT2D eigenvalue weighted by Gasteiger charge is 2.15. The SMILES string of the molecule is Nc1cc(Br)cc2nc(-c3ccc4c(c3)COC4)oc12. The van der Waals surface area contributed by atoms with Gasteiger partial charge >= 0.3 is 0 Å². The molecule has 5 heteroatoms. The van der Waals surface area contributed by atoms with Crippen molar-refractivity contribution in [2.75, 3.05) is 5.73 Å². The van der Waals surface area contributed by atoms with Gasteiger partial charge in [0, 0.05) is 10.0 Å². The fourth-order valence-corrected chi connectivity index (χ4v) is 2.91. The van der Waals surface area contributed by atoms with Crippen molar-refractivity contribution in [3.8, 4) is 11.5 Å². The van der Waals surface area contributed by atoms with Crippen molar-refractivity contribution in [3.05, 3.63) is 45.9 Å². The topological polar surface area (TPSA) is 61.3 Å². The monoisotopic (exact) mass is 330 g/mol. The number of hydrogen-bond donors (Lipinski definition) is 1. The van der Waals surface area contributed by atoms with Gasteiger partial charge in [-0.05, 0) is 35.4 Å². The first-order valence-corrected chi connectivity index (χ1v) is 7.05. The summed E-state index contributed by atoms with van der Waals surface area (Å²) in [5, 5.41) is 0. The summed E-state index contributed by atoms with van der Waals surface area (Å²) in [6.07, 6.45) is 0. The molecule has 0 spiro atoms. The first kappa shape index (κ1) is 11.9. The third-order valence-electron chi connectivity index (χ3n) is 3.45. The fraction of sp³-hybridized carbons (Fsp3) is 0.133. The fourth-order valence-electron chi connectivity index (χ4n) is 2.45. The summed E-state index contributed by atoms with van der Waals surface area (Å²) >= 11 is 3.41. The molecule has 4 rings (SSSR count). The highest BCUT2D eigenvalue weighted by Crippen LogP contribution is 2.32. The number of benzene rings is 2. The van der Waals surface area contributed by atoms with Crippen LogP contribution in [-0.2, 0) is 18.0 Å². The van der Waals surface area contributed by atoms with Crippen LogP contribution in [0.1, 0.15) is 11.1 Å². The van der Waals surface area contributed by atoms with Crippen LogP contribution < -0.4 is 5.73 Å². The maximum Gasteiger partial charge on any atom is 0.227 e. The molecule has 0 radical (unpaired) electrons. The van der Waals surface area contributed by atoms with Gasteiger partial charge in [-0.2, -0.15) is 0 Å². The zero-order valence-electron chi connectivity index (χ0n) is 10.5. The number of rotatable bonds is 1. The van der Waals surface area contributed by atoms with Crippen LogP contribution in [0.25, 0.3) is 22.6 Å². The molecule has 1 aromatic heterocycles. The van der Waals surface area contributed by atoms with Gasteiger partial charge in [0.2, 0.25) is 5.89 Å². The predicted molar refractivity (Wildman–Crippen MR) is 80.1 cm³/mol. The van der Waals surface area contributed by atoms with Crippen LogP contribution in [0.5, 0.6) is 0 Å². The Morgan fingerprint density at radius 2 is 1.95 bits per heavy atom. The van der Waals surface area contributed by atoms with E-state index in [0.29, 0.717) is 30.4 Å². The molecule has 20 heavy (non-hydrogen) atoms. The summed E-state index contributed by atoms with van der Waals surface area (Å²) in [5.41, 5.74) is 11.3. The first-order chi connectivity index (χ1) is 9.70. The Labute approximate surface area is 123 Å². The Morgan fingerprint density at radius 3 is 2.85 bits per heavy atom. The van der Waals surface area contributed by atoms with Gasteiger partial charge in [-0.3, -0.25) is 0 Å². The number of nitrogens with zero attached hydrogens (tertiary/aromatic N) is 1. The summed E-state index contributed by atoms with van der Waals surface area (Å²) in [4.78, 5) is 4.51. The van der Waals surface area contributed by atoms with Gasteiger partial charge in [0.15, 0.2) is 5.58 Å². The third kappa shape index (κ3) is 1.82. The maximum atomic E-state index is 5.95. The Hall–Kier alpha value is -1.85. The zero-order valence-corrected chi connectivity index (χ0v) is 12.1. The van der Waals surface area contributed by atoms with E-state index < -0.39 is 0 Å². The summed E-state index contributed by atoms with van der Waals surface area (Å²) in [6.45, 7) is 1.33. The lowest BCUT2D eigenvalue weighted by Crippen LogP contribution is -1.84. The maximum absolute atomic E-state index is 5.95. The molecule has 0 amide bonds. The molecule has 0 saturated carbocycles. The molecule has 2 heterocycles. The van der Waals surface area contributed by atoms with E-state index in [1.54, 1.807) is 0 Å². The molecule has 3 aromatic rings. The largest absolute Gasteiger partial charge is 0.434 e. The van der Waals surface area contributed by atoms with Gasteiger partial charge in [0.1, 0.15) is 5.52 Å². The van der Waals surface area contributed by atoms with Crippen LogP contribution >= 0.6 is 15.9 Å². The predicted octanol–water partition coefficient (Wildman–Crippen LogP) is 3.87. The van der Waals surface area contributed by atoms with Gasteiger partial charge in [0.05, 0.1) is 18.9 Å². The minimum atomic E-state index is 0.581.